The molecular formula is C21H42O5P2S. The van der Waals surface area contributed by atoms with E-state index in [1.807, 2.05) is 6.92 Å². The van der Waals surface area contributed by atoms with Gasteiger partial charge in [0.25, 0.3) is 5.08 Å². The molecular weight excluding hydrogens is 426 g/mol. The molecule has 0 saturated heterocycles. The third-order valence-corrected chi connectivity index (χ3v) is 9.13. The van der Waals surface area contributed by atoms with Crippen molar-refractivity contribution in [3.05, 3.63) is 0 Å². The van der Waals surface area contributed by atoms with Crippen LogP contribution in [0.5, 0.6) is 0 Å². The number of ether oxygens (including phenoxy) is 1. The van der Waals surface area contributed by atoms with Crippen LogP contribution >= 0.6 is 27.8 Å². The van der Waals surface area contributed by atoms with E-state index in [-0.39, 0.29) is 6.61 Å². The van der Waals surface area contributed by atoms with Crippen molar-refractivity contribution >= 4 is 27.8 Å². The van der Waals surface area contributed by atoms with Gasteiger partial charge >= 0.3 is 7.60 Å². The average molecular weight is 469 g/mol. The van der Waals surface area contributed by atoms with E-state index in [2.05, 4.69) is 18.1 Å². The van der Waals surface area contributed by atoms with Crippen LogP contribution in [0.4, 0.5) is 0 Å². The molecule has 1 N–H and O–H groups in total. The first-order chi connectivity index (χ1) is 13.9. The highest BCUT2D eigenvalue weighted by Crippen LogP contribution is 2.62. The Morgan fingerprint density at radius 3 is 2.07 bits per heavy atom. The number of thioether (sulfide) groups is 1. The van der Waals surface area contributed by atoms with E-state index in [0.717, 1.165) is 12.2 Å². The summed E-state index contributed by atoms with van der Waals surface area (Å²) in [5.41, 5.74) is 0. The van der Waals surface area contributed by atoms with Gasteiger partial charge in [-0.05, 0) is 37.9 Å². The zero-order chi connectivity index (χ0) is 22.0. The molecule has 172 valence electrons. The first kappa shape index (κ1) is 29.2. The lowest BCUT2D eigenvalue weighted by Gasteiger charge is -2.29. The van der Waals surface area contributed by atoms with Crippen molar-refractivity contribution in [1.82, 2.24) is 0 Å². The first-order valence-electron chi connectivity index (χ1n) is 11.1. The van der Waals surface area contributed by atoms with Crippen LogP contribution in [-0.4, -0.2) is 28.4 Å². The smallest absolute Gasteiger partial charge is 0.346 e. The fraction of sp³-hybridized carbons (Fsp3) is 0.905. The van der Waals surface area contributed by atoms with Gasteiger partial charge in [0.05, 0.1) is 6.10 Å². The molecule has 0 aliphatic rings. The monoisotopic (exact) mass is 468 g/mol. The summed E-state index contributed by atoms with van der Waals surface area (Å²) in [5, 5.41) is 0.934. The van der Waals surface area contributed by atoms with Gasteiger partial charge in [-0.25, -0.2) is 0 Å². The van der Waals surface area contributed by atoms with Crippen molar-refractivity contribution in [2.24, 2.45) is 0 Å². The molecule has 0 radical (unpaired) electrons. The Hall–Kier alpha value is 0.250. The minimum atomic E-state index is -4.29. The number of rotatable bonds is 18. The van der Waals surface area contributed by atoms with Crippen molar-refractivity contribution in [3.63, 3.8) is 0 Å². The van der Waals surface area contributed by atoms with Crippen LogP contribution in [0.2, 0.25) is 0 Å². The highest BCUT2D eigenvalue weighted by atomic mass is 32.2. The first-order valence-corrected chi connectivity index (χ1v) is 14.8. The van der Waals surface area contributed by atoms with Crippen molar-refractivity contribution < 1.29 is 23.3 Å². The predicted molar refractivity (Wildman–Crippen MR) is 127 cm³/mol. The molecule has 0 aliphatic heterocycles. The second kappa shape index (κ2) is 17.9. The van der Waals surface area contributed by atoms with E-state index < -0.39 is 27.2 Å². The van der Waals surface area contributed by atoms with Gasteiger partial charge in [0, 0.05) is 12.4 Å². The standard InChI is InChI=1S/C21H42O5P2S/c1-5-8-9-10-11-12-13-14-15-16-18-29-19-17-21(27-22,25-7-3)28(23,24)26-20(4)6-2/h20H,5-16,18,27H2,1-4H3,(H,23,24). The molecule has 0 rings (SSSR count). The summed E-state index contributed by atoms with van der Waals surface area (Å²) in [6.45, 7) is 7.62. The third kappa shape index (κ3) is 12.6. The molecule has 0 saturated carbocycles. The molecule has 8 heteroatoms. The van der Waals surface area contributed by atoms with E-state index in [9.17, 15) is 14.0 Å². The second-order valence-corrected chi connectivity index (χ2v) is 11.7. The molecule has 0 amide bonds. The maximum absolute atomic E-state index is 12.7. The summed E-state index contributed by atoms with van der Waals surface area (Å²) in [6, 6.07) is 0. The molecule has 0 bridgehead atoms. The summed E-state index contributed by atoms with van der Waals surface area (Å²) in [7, 11) is -6.05. The van der Waals surface area contributed by atoms with E-state index >= 15 is 0 Å². The van der Waals surface area contributed by atoms with Gasteiger partial charge in [0.1, 0.15) is 8.46 Å². The van der Waals surface area contributed by atoms with Crippen molar-refractivity contribution in [1.29, 1.82) is 0 Å². The minimum absolute atomic E-state index is 0.140. The van der Waals surface area contributed by atoms with Gasteiger partial charge in [-0.3, -0.25) is 4.57 Å². The molecule has 0 aliphatic carbocycles. The van der Waals surface area contributed by atoms with Crippen molar-refractivity contribution in [2.45, 2.75) is 110 Å². The van der Waals surface area contributed by atoms with Crippen LogP contribution < -0.4 is 0 Å². The summed E-state index contributed by atoms with van der Waals surface area (Å²) in [5.74, 6) is 3.52. The fourth-order valence-corrected chi connectivity index (χ4v) is 5.98. The quantitative estimate of drug-likeness (QED) is 0.132. The van der Waals surface area contributed by atoms with Crippen LogP contribution in [0.15, 0.2) is 0 Å². The topological polar surface area (TPSA) is 72.8 Å². The summed E-state index contributed by atoms with van der Waals surface area (Å²) in [4.78, 5) is 10.4. The lowest BCUT2D eigenvalue weighted by atomic mass is 10.1. The molecule has 0 aromatic carbocycles. The molecule has 0 fully saturated rings. The van der Waals surface area contributed by atoms with Crippen LogP contribution in [0.25, 0.3) is 0 Å². The Balaban J connectivity index is 4.32. The molecule has 0 spiro atoms. The van der Waals surface area contributed by atoms with Crippen molar-refractivity contribution in [2.75, 3.05) is 12.4 Å². The van der Waals surface area contributed by atoms with E-state index in [1.165, 1.54) is 69.5 Å². The highest BCUT2D eigenvalue weighted by molar-refractivity contribution is 8.03. The maximum atomic E-state index is 12.7. The van der Waals surface area contributed by atoms with Crippen LogP contribution in [0, 0.1) is 11.2 Å². The Bertz CT molecular complexity index is 535. The molecule has 0 aromatic rings. The Kier molecular flexibility index (Phi) is 18.0. The molecule has 4 unspecified atom stereocenters. The maximum Gasteiger partial charge on any atom is 0.379 e. The largest absolute Gasteiger partial charge is 0.379 e. The van der Waals surface area contributed by atoms with Crippen molar-refractivity contribution in [3.8, 4) is 11.2 Å². The van der Waals surface area contributed by atoms with E-state index in [0.29, 0.717) is 6.42 Å². The molecule has 4 atom stereocenters. The fourth-order valence-electron chi connectivity index (χ4n) is 2.76. The predicted octanol–water partition coefficient (Wildman–Crippen LogP) is 7.05. The Morgan fingerprint density at radius 2 is 1.59 bits per heavy atom. The normalized spacial score (nSPS) is 16.9. The van der Waals surface area contributed by atoms with Crippen LogP contribution in [0.1, 0.15) is 98.3 Å². The average Bonchev–Trinajstić information content (AvgIpc) is 2.70. The van der Waals surface area contributed by atoms with E-state index in [1.54, 1.807) is 13.8 Å². The number of unbranched alkanes of at least 4 members (excludes halogenated alkanes) is 9. The molecule has 0 aromatic heterocycles. The third-order valence-electron chi connectivity index (χ3n) is 4.74. The van der Waals surface area contributed by atoms with Crippen LogP contribution in [0.3, 0.4) is 0 Å². The lowest BCUT2D eigenvalue weighted by Crippen LogP contribution is -2.27. The van der Waals surface area contributed by atoms with Gasteiger partial charge in [-0.15, -0.1) is 0 Å². The number of hydrogen-bond donors (Lipinski definition) is 1. The van der Waals surface area contributed by atoms with Crippen LogP contribution in [-0.2, 0) is 18.4 Å². The molecule has 0 heterocycles. The van der Waals surface area contributed by atoms with Gasteiger partial charge in [-0.2, -0.15) is 0 Å². The van der Waals surface area contributed by atoms with Gasteiger partial charge in [0.2, 0.25) is 0 Å². The molecule has 29 heavy (non-hydrogen) atoms. The van der Waals surface area contributed by atoms with E-state index in [4.69, 9.17) is 9.26 Å². The number of hydrogen-bond acceptors (Lipinski definition) is 5. The van der Waals surface area contributed by atoms with Gasteiger partial charge < -0.3 is 18.7 Å². The zero-order valence-electron chi connectivity index (χ0n) is 18.8. The second-order valence-electron chi connectivity index (χ2n) is 7.35. The van der Waals surface area contributed by atoms with Gasteiger partial charge in [-0.1, -0.05) is 83.4 Å². The SMILES string of the molecule is CCCCCCCCCCCCSC#CC(OCC)([PH2]=O)P(=O)(O)OC(C)CC. The molecule has 5 nitrogen and oxygen atoms in total. The Labute approximate surface area is 184 Å². The highest BCUT2D eigenvalue weighted by Gasteiger charge is 2.50. The Morgan fingerprint density at radius 1 is 1.03 bits per heavy atom. The summed E-state index contributed by atoms with van der Waals surface area (Å²) < 4.78 is 35.2. The summed E-state index contributed by atoms with van der Waals surface area (Å²) >= 11 is 1.39. The minimum Gasteiger partial charge on any atom is -0.346 e. The summed E-state index contributed by atoms with van der Waals surface area (Å²) in [6.07, 6.45) is 12.9. The zero-order valence-corrected chi connectivity index (χ0v) is 21.6. The lowest BCUT2D eigenvalue weighted by molar-refractivity contribution is 0.0825. The van der Waals surface area contributed by atoms with Gasteiger partial charge in [0.15, 0.2) is 0 Å².